The molecule has 0 saturated carbocycles. The number of hydrogen-bond acceptors (Lipinski definition) is 7. The summed E-state index contributed by atoms with van der Waals surface area (Å²) in [5.74, 6) is -0.871. The lowest BCUT2D eigenvalue weighted by Crippen LogP contribution is -2.75. The molecule has 2 aliphatic rings. The second-order valence-corrected chi connectivity index (χ2v) is 11.1. The number of hydrogen-bond donors (Lipinski definition) is 2. The molecule has 12 nitrogen and oxygen atoms in total. The van der Waals surface area contributed by atoms with Gasteiger partial charge in [0.05, 0.1) is 18.6 Å². The molecule has 0 bridgehead atoms. The summed E-state index contributed by atoms with van der Waals surface area (Å²) >= 11 is 0. The van der Waals surface area contributed by atoms with Gasteiger partial charge < -0.3 is 14.3 Å². The number of amides is 3. The average Bonchev–Trinajstić information content (AvgIpc) is 2.91. The largest absolute Gasteiger partial charge is 0.524 e. The summed E-state index contributed by atoms with van der Waals surface area (Å²) in [5.41, 5.74) is 2.24. The van der Waals surface area contributed by atoms with Crippen molar-refractivity contribution >= 4 is 36.4 Å². The first-order valence-electron chi connectivity index (χ1n) is 13.0. The molecule has 13 heteroatoms. The fraction of sp³-hybridized carbons (Fsp3) is 0.286. The molecule has 0 aliphatic carbocycles. The summed E-state index contributed by atoms with van der Waals surface area (Å²) in [5, 5.41) is 4.09. The lowest BCUT2D eigenvalue weighted by atomic mass is 9.98. The summed E-state index contributed by atoms with van der Waals surface area (Å²) in [6.45, 7) is 5.70. The number of hydrazine groups is 1. The molecule has 1 aromatic heterocycles. The van der Waals surface area contributed by atoms with Crippen LogP contribution in [0.5, 0.6) is 5.75 Å². The fourth-order valence-electron chi connectivity index (χ4n) is 5.54. The van der Waals surface area contributed by atoms with Crippen LogP contribution in [0.25, 0.3) is 10.9 Å². The van der Waals surface area contributed by atoms with Crippen LogP contribution in [-0.4, -0.2) is 84.2 Å². The number of fused-ring (bicyclic) bond motifs is 2. The van der Waals surface area contributed by atoms with E-state index in [1.807, 2.05) is 30.3 Å². The Labute approximate surface area is 236 Å². The molecule has 0 radical (unpaired) electrons. The van der Waals surface area contributed by atoms with E-state index in [-0.39, 0.29) is 56.1 Å². The highest BCUT2D eigenvalue weighted by Crippen LogP contribution is 2.37. The molecule has 3 heterocycles. The van der Waals surface area contributed by atoms with Crippen LogP contribution in [0.3, 0.4) is 0 Å². The average molecular weight is 580 g/mol. The van der Waals surface area contributed by atoms with E-state index in [2.05, 4.69) is 16.1 Å². The van der Waals surface area contributed by atoms with Gasteiger partial charge in [-0.05, 0) is 29.3 Å². The van der Waals surface area contributed by atoms with E-state index in [1.54, 1.807) is 34.3 Å². The number of pyridine rings is 1. The van der Waals surface area contributed by atoms with Crippen LogP contribution in [0.1, 0.15) is 18.1 Å². The molecule has 41 heavy (non-hydrogen) atoms. The highest BCUT2D eigenvalue weighted by molar-refractivity contribution is 7.46. The standard InChI is InChI=1S/C28H30N5O7P/c1-3-14-31-18-26(35)32-24(15-20-9-11-23(12-10-20)40-41(37,38)39)28(36)30(17-25(32)33(31)19(2)34)16-22-7-4-6-21-8-5-13-29-27(21)22/h3-13,24-25H,1,14-18H2,2H3,(H2,37,38,39)/t24-,25-/m0/s1. The van der Waals surface area contributed by atoms with E-state index in [9.17, 15) is 18.9 Å². The summed E-state index contributed by atoms with van der Waals surface area (Å²) in [4.78, 5) is 66.3. The fourth-order valence-corrected chi connectivity index (χ4v) is 5.93. The number of nitrogens with zero attached hydrogens (tertiary/aromatic N) is 5. The molecule has 214 valence electrons. The van der Waals surface area contributed by atoms with Crippen molar-refractivity contribution < 1.29 is 33.3 Å². The van der Waals surface area contributed by atoms with Crippen molar-refractivity contribution in [2.75, 3.05) is 19.6 Å². The van der Waals surface area contributed by atoms with Gasteiger partial charge in [-0.3, -0.25) is 34.2 Å². The Balaban J connectivity index is 1.51. The van der Waals surface area contributed by atoms with Crippen LogP contribution in [-0.2, 0) is 31.9 Å². The van der Waals surface area contributed by atoms with E-state index >= 15 is 0 Å². The molecular weight excluding hydrogens is 549 g/mol. The third-order valence-electron chi connectivity index (χ3n) is 7.15. The van der Waals surface area contributed by atoms with Crippen molar-refractivity contribution in [3.63, 3.8) is 0 Å². The Hall–Kier alpha value is -4.09. The molecular formula is C28H30N5O7P. The predicted molar refractivity (Wildman–Crippen MR) is 149 cm³/mol. The topological polar surface area (TPSA) is 144 Å². The van der Waals surface area contributed by atoms with E-state index < -0.39 is 20.0 Å². The number of aromatic nitrogens is 1. The van der Waals surface area contributed by atoms with Gasteiger partial charge in [0.2, 0.25) is 17.7 Å². The third-order valence-corrected chi connectivity index (χ3v) is 7.60. The lowest BCUT2D eigenvalue weighted by Gasteiger charge is -2.55. The van der Waals surface area contributed by atoms with Gasteiger partial charge in [-0.25, -0.2) is 9.57 Å². The van der Waals surface area contributed by atoms with Gasteiger partial charge >= 0.3 is 7.82 Å². The zero-order chi connectivity index (χ0) is 29.3. The molecule has 0 unspecified atom stereocenters. The second kappa shape index (κ2) is 11.4. The van der Waals surface area contributed by atoms with Gasteiger partial charge in [0, 0.05) is 38.0 Å². The van der Waals surface area contributed by atoms with Crippen molar-refractivity contribution in [1.29, 1.82) is 0 Å². The van der Waals surface area contributed by atoms with Gasteiger partial charge in [-0.1, -0.05) is 42.5 Å². The molecule has 2 atom stereocenters. The minimum atomic E-state index is -4.73. The number of rotatable bonds is 8. The van der Waals surface area contributed by atoms with E-state index in [0.717, 1.165) is 16.5 Å². The van der Waals surface area contributed by atoms with Gasteiger partial charge in [0.1, 0.15) is 18.0 Å². The van der Waals surface area contributed by atoms with Gasteiger partial charge in [0.15, 0.2) is 0 Å². The second-order valence-electron chi connectivity index (χ2n) is 9.94. The summed E-state index contributed by atoms with van der Waals surface area (Å²) in [7, 11) is -4.73. The first-order chi connectivity index (χ1) is 19.6. The van der Waals surface area contributed by atoms with Gasteiger partial charge in [-0.15, -0.1) is 6.58 Å². The number of phosphoric ester groups is 1. The maximum absolute atomic E-state index is 14.1. The number of para-hydroxylation sites is 1. The Morgan fingerprint density at radius 1 is 1.15 bits per heavy atom. The molecule has 2 fully saturated rings. The third kappa shape index (κ3) is 6.01. The van der Waals surface area contributed by atoms with Crippen LogP contribution < -0.4 is 4.52 Å². The number of carbonyl (C=O) groups is 3. The zero-order valence-corrected chi connectivity index (χ0v) is 23.3. The van der Waals surface area contributed by atoms with Crippen molar-refractivity contribution in [3.8, 4) is 5.75 Å². The highest BCUT2D eigenvalue weighted by atomic mass is 31.2. The van der Waals surface area contributed by atoms with Crippen LogP contribution >= 0.6 is 7.82 Å². The number of piperazine rings is 1. The van der Waals surface area contributed by atoms with E-state index in [1.165, 1.54) is 29.0 Å². The van der Waals surface area contributed by atoms with Crippen molar-refractivity contribution in [3.05, 3.63) is 84.6 Å². The first kappa shape index (κ1) is 28.4. The highest BCUT2D eigenvalue weighted by Gasteiger charge is 2.50. The quantitative estimate of drug-likeness (QED) is 0.303. The number of benzene rings is 2. The van der Waals surface area contributed by atoms with Gasteiger partial charge in [0.25, 0.3) is 0 Å². The summed E-state index contributed by atoms with van der Waals surface area (Å²) in [6.07, 6.45) is 2.69. The molecule has 2 aliphatic heterocycles. The summed E-state index contributed by atoms with van der Waals surface area (Å²) in [6, 6.07) is 14.6. The molecule has 2 aromatic carbocycles. The Morgan fingerprint density at radius 3 is 2.56 bits per heavy atom. The Morgan fingerprint density at radius 2 is 1.88 bits per heavy atom. The molecule has 3 amide bonds. The van der Waals surface area contributed by atoms with Crippen LogP contribution in [0.2, 0.25) is 0 Å². The smallest absolute Gasteiger partial charge is 0.404 e. The molecule has 5 rings (SSSR count). The normalized spacial score (nSPS) is 19.8. The maximum Gasteiger partial charge on any atom is 0.524 e. The Kier molecular flexibility index (Phi) is 7.92. The number of carbonyl (C=O) groups excluding carboxylic acids is 3. The lowest BCUT2D eigenvalue weighted by molar-refractivity contribution is -0.204. The first-order valence-corrected chi connectivity index (χ1v) is 14.5. The maximum atomic E-state index is 14.1. The van der Waals surface area contributed by atoms with Crippen molar-refractivity contribution in [2.45, 2.75) is 32.1 Å². The van der Waals surface area contributed by atoms with E-state index in [0.29, 0.717) is 5.56 Å². The minimum Gasteiger partial charge on any atom is -0.404 e. The van der Waals surface area contributed by atoms with Crippen LogP contribution in [0.4, 0.5) is 0 Å². The van der Waals surface area contributed by atoms with E-state index in [4.69, 9.17) is 9.79 Å². The summed E-state index contributed by atoms with van der Waals surface area (Å²) < 4.78 is 15.8. The van der Waals surface area contributed by atoms with Crippen molar-refractivity contribution in [1.82, 2.24) is 24.8 Å². The van der Waals surface area contributed by atoms with Crippen LogP contribution in [0, 0.1) is 0 Å². The van der Waals surface area contributed by atoms with Crippen LogP contribution in [0.15, 0.2) is 73.4 Å². The van der Waals surface area contributed by atoms with Crippen molar-refractivity contribution in [2.24, 2.45) is 0 Å². The molecule has 2 saturated heterocycles. The Bertz CT molecular complexity index is 1540. The molecule has 0 spiro atoms. The minimum absolute atomic E-state index is 0.0307. The molecule has 3 aromatic rings. The molecule has 2 N–H and O–H groups in total. The zero-order valence-electron chi connectivity index (χ0n) is 22.4. The number of phosphoric acid groups is 1. The predicted octanol–water partition coefficient (Wildman–Crippen LogP) is 2.08. The SMILES string of the molecule is C=CCN1CC(=O)N2[C@@H](Cc3ccc(OP(=O)(O)O)cc3)C(=O)N(Cc3cccc4cccnc34)C[C@@H]2N1C(C)=O. The van der Waals surface area contributed by atoms with Gasteiger partial charge in [-0.2, -0.15) is 0 Å². The monoisotopic (exact) mass is 579 g/mol.